The predicted octanol–water partition coefficient (Wildman–Crippen LogP) is 8.62. The van der Waals surface area contributed by atoms with E-state index in [1.54, 1.807) is 18.3 Å². The minimum Gasteiger partial charge on any atom is -0.467 e. The van der Waals surface area contributed by atoms with Gasteiger partial charge < -0.3 is 13.9 Å². The van der Waals surface area contributed by atoms with Gasteiger partial charge in [-0.1, -0.05) is 53.9 Å². The molecule has 4 aromatic rings. The molecule has 0 aliphatic carbocycles. The van der Waals surface area contributed by atoms with Gasteiger partial charge in [-0.25, -0.2) is 14.4 Å². The zero-order valence-electron chi connectivity index (χ0n) is 29.5. The highest BCUT2D eigenvalue weighted by Gasteiger charge is 2.19. The highest BCUT2D eigenvalue weighted by Crippen LogP contribution is 2.30. The van der Waals surface area contributed by atoms with Crippen LogP contribution < -0.4 is 4.74 Å². The average Bonchev–Trinajstić information content (AvgIpc) is 3.63. The quantitative estimate of drug-likeness (QED) is 0.121. The van der Waals surface area contributed by atoms with Crippen molar-refractivity contribution in [1.29, 1.82) is 5.26 Å². The fraction of sp³-hybridized carbons (Fsp3) is 0.196. The van der Waals surface area contributed by atoms with Gasteiger partial charge in [-0.3, -0.25) is 4.90 Å². The molecule has 1 fully saturated rings. The average molecular weight is 709 g/mol. The van der Waals surface area contributed by atoms with Crippen LogP contribution in [-0.2, 0) is 17.8 Å². The van der Waals surface area contributed by atoms with E-state index in [0.717, 1.165) is 56.8 Å². The van der Waals surface area contributed by atoms with Gasteiger partial charge in [0.15, 0.2) is 6.61 Å². The zero-order chi connectivity index (χ0) is 38.1. The Bertz CT molecular complexity index is 2440. The first-order valence-corrected chi connectivity index (χ1v) is 16.8. The van der Waals surface area contributed by atoms with Gasteiger partial charge in [-0.15, -0.1) is 0 Å². The Hall–Kier alpha value is -7.40. The summed E-state index contributed by atoms with van der Waals surface area (Å²) in [7, 11) is 0. The molecule has 262 valence electrons. The summed E-state index contributed by atoms with van der Waals surface area (Å²) in [5, 5.41) is 9.84. The van der Waals surface area contributed by atoms with Crippen molar-refractivity contribution in [1.82, 2.24) is 14.9 Å². The third-order valence-electron chi connectivity index (χ3n) is 7.38. The Morgan fingerprint density at radius 2 is 1.41 bits per heavy atom. The molecule has 0 N–H and O–H groups in total. The van der Waals surface area contributed by atoms with E-state index < -0.39 is 0 Å². The molecule has 0 unspecified atom stereocenters. The molecule has 0 saturated carbocycles. The first-order chi connectivity index (χ1) is 26.6. The lowest BCUT2D eigenvalue weighted by atomic mass is 10.0. The van der Waals surface area contributed by atoms with E-state index in [4.69, 9.17) is 13.9 Å². The van der Waals surface area contributed by atoms with E-state index in [0.29, 0.717) is 34.9 Å². The van der Waals surface area contributed by atoms with E-state index in [2.05, 4.69) is 114 Å². The summed E-state index contributed by atoms with van der Waals surface area (Å²) in [4.78, 5) is 11.3. The van der Waals surface area contributed by atoms with Crippen molar-refractivity contribution in [2.24, 2.45) is 0 Å². The third kappa shape index (κ3) is 13.4. The Labute approximate surface area is 314 Å². The smallest absolute Gasteiger partial charge is 0.233 e. The largest absolute Gasteiger partial charge is 0.467 e. The van der Waals surface area contributed by atoms with E-state index in [1.165, 1.54) is 12.1 Å². The van der Waals surface area contributed by atoms with E-state index in [9.17, 15) is 9.65 Å². The number of morpholine rings is 1. The molecule has 1 aliphatic heterocycles. The van der Waals surface area contributed by atoms with Crippen molar-refractivity contribution in [3.05, 3.63) is 183 Å². The molecule has 5 rings (SSSR count). The fourth-order valence-corrected chi connectivity index (χ4v) is 4.99. The SMILES string of the molecule is C=C=C=C=C=C=C=C=C=C=C=C=C=C=C=C.N#Cc1c(-c2ccccc2)ccnc1OCc1nc(-c2cccc(F)c2)c(CCCCN2CCOCC2)o1. The van der Waals surface area contributed by atoms with E-state index in [-0.39, 0.29) is 18.3 Å². The number of pyridine rings is 1. The lowest BCUT2D eigenvalue weighted by Crippen LogP contribution is -2.36. The Morgan fingerprint density at radius 1 is 0.778 bits per heavy atom. The molecule has 2 aromatic carbocycles. The number of ether oxygens (including phenoxy) is 2. The lowest BCUT2D eigenvalue weighted by Gasteiger charge is -2.26. The second kappa shape index (κ2) is 23.1. The van der Waals surface area contributed by atoms with Gasteiger partial charge in [0.25, 0.3) is 0 Å². The molecule has 0 bridgehead atoms. The molecule has 0 atom stereocenters. The summed E-state index contributed by atoms with van der Waals surface area (Å²) >= 11 is 0. The Balaban J connectivity index is 0.000000344. The highest BCUT2D eigenvalue weighted by atomic mass is 19.1. The van der Waals surface area contributed by atoms with Crippen LogP contribution in [0, 0.1) is 17.1 Å². The number of nitriles is 1. The Kier molecular flexibility index (Phi) is 16.9. The molecule has 0 radical (unpaired) electrons. The molecule has 0 spiro atoms. The van der Waals surface area contributed by atoms with E-state index >= 15 is 0 Å². The van der Waals surface area contributed by atoms with Crippen molar-refractivity contribution >= 4 is 0 Å². The first-order valence-electron chi connectivity index (χ1n) is 16.8. The summed E-state index contributed by atoms with van der Waals surface area (Å²) in [6.07, 6.45) is 4.21. The van der Waals surface area contributed by atoms with Crippen LogP contribution in [0.3, 0.4) is 0 Å². The standard InChI is InChI=1S/C30H29FN4O3.C16H4/c31-24-10-6-9-23(19-24)29-27(11-4-5-14-35-15-17-36-18-16-35)38-28(34-29)21-37-30-26(20-32)25(12-13-33-30)22-7-2-1-3-8-22;1-3-5-7-9-11-13-15-16-14-12-10-8-6-4-2/h1-3,6-10,12-13,19H,4-5,11,14-18,21H2;1-2H2. The monoisotopic (exact) mass is 708 g/mol. The number of aromatic nitrogens is 2. The van der Waals surface area contributed by atoms with Crippen LogP contribution in [0.4, 0.5) is 4.39 Å². The number of benzene rings is 2. The van der Waals surface area contributed by atoms with Crippen molar-refractivity contribution in [2.45, 2.75) is 25.9 Å². The van der Waals surface area contributed by atoms with Gasteiger partial charge in [0.1, 0.15) is 28.9 Å². The number of halogens is 1. The number of rotatable bonds is 10. The van der Waals surface area contributed by atoms with Crippen LogP contribution in [0.15, 0.2) is 165 Å². The number of hydrogen-bond donors (Lipinski definition) is 0. The maximum atomic E-state index is 14.0. The molecule has 8 heteroatoms. The molecular formula is C46H33FN4O3. The van der Waals surface area contributed by atoms with Crippen molar-refractivity contribution in [3.63, 3.8) is 0 Å². The number of unbranched alkanes of at least 4 members (excludes halogenated alkanes) is 1. The van der Waals surface area contributed by atoms with Crippen LogP contribution in [0.2, 0.25) is 0 Å². The molecule has 0 amide bonds. The molecular weight excluding hydrogens is 676 g/mol. The summed E-state index contributed by atoms with van der Waals surface area (Å²) < 4.78 is 31.5. The Morgan fingerprint density at radius 3 is 2.02 bits per heavy atom. The number of aryl methyl sites for hydroxylation is 1. The molecule has 1 aliphatic rings. The zero-order valence-corrected chi connectivity index (χ0v) is 29.5. The van der Waals surface area contributed by atoms with Gasteiger partial charge in [-0.05, 0) is 125 Å². The maximum Gasteiger partial charge on any atom is 0.233 e. The summed E-state index contributed by atoms with van der Waals surface area (Å²) in [6.45, 7) is 11.1. The molecule has 7 nitrogen and oxygen atoms in total. The number of oxazole rings is 1. The van der Waals surface area contributed by atoms with Gasteiger partial charge >= 0.3 is 0 Å². The van der Waals surface area contributed by atoms with Crippen molar-refractivity contribution in [3.8, 4) is 34.3 Å². The van der Waals surface area contributed by atoms with E-state index in [1.807, 2.05) is 36.4 Å². The maximum absolute atomic E-state index is 14.0. The minimum absolute atomic E-state index is 0.00395. The third-order valence-corrected chi connectivity index (χ3v) is 7.38. The number of hydrogen-bond acceptors (Lipinski definition) is 7. The van der Waals surface area contributed by atoms with Crippen LogP contribution in [0.1, 0.15) is 30.1 Å². The predicted molar refractivity (Wildman–Crippen MR) is 201 cm³/mol. The van der Waals surface area contributed by atoms with Crippen LogP contribution in [0.25, 0.3) is 22.4 Å². The number of nitrogens with zero attached hydrogens (tertiary/aromatic N) is 4. The second-order valence-electron chi connectivity index (χ2n) is 11.0. The van der Waals surface area contributed by atoms with Crippen molar-refractivity contribution < 1.29 is 18.3 Å². The lowest BCUT2D eigenvalue weighted by molar-refractivity contribution is 0.0371. The summed E-state index contributed by atoms with van der Waals surface area (Å²) in [5.74, 6) is 0.930. The fourth-order valence-electron chi connectivity index (χ4n) is 4.99. The molecule has 54 heavy (non-hydrogen) atoms. The van der Waals surface area contributed by atoms with Gasteiger partial charge in [0, 0.05) is 36.8 Å². The first kappa shape index (κ1) is 39.4. The summed E-state index contributed by atoms with van der Waals surface area (Å²) in [5.41, 5.74) is 37.7. The topological polar surface area (TPSA) is 84.4 Å². The normalized spacial score (nSPS) is 10.8. The van der Waals surface area contributed by atoms with Crippen LogP contribution in [-0.4, -0.2) is 47.7 Å². The second-order valence-corrected chi connectivity index (χ2v) is 11.0. The van der Waals surface area contributed by atoms with Gasteiger partial charge in [-0.2, -0.15) is 5.26 Å². The minimum atomic E-state index is -0.331. The van der Waals surface area contributed by atoms with Gasteiger partial charge in [0.2, 0.25) is 11.8 Å². The summed E-state index contributed by atoms with van der Waals surface area (Å²) in [6, 6.07) is 20.0. The highest BCUT2D eigenvalue weighted by molar-refractivity contribution is 5.72. The van der Waals surface area contributed by atoms with Crippen LogP contribution >= 0.6 is 0 Å². The van der Waals surface area contributed by atoms with Crippen molar-refractivity contribution in [2.75, 3.05) is 32.8 Å². The molecule has 3 heterocycles. The van der Waals surface area contributed by atoms with Gasteiger partial charge in [0.05, 0.1) is 13.2 Å². The molecule has 2 aromatic heterocycles. The van der Waals surface area contributed by atoms with Crippen LogP contribution in [0.5, 0.6) is 5.88 Å². The molecule has 1 saturated heterocycles.